The molecule has 0 bridgehead atoms. The predicted molar refractivity (Wildman–Crippen MR) is 113 cm³/mol. The average Bonchev–Trinajstić information content (AvgIpc) is 2.66. The third-order valence-corrected chi connectivity index (χ3v) is 6.36. The van der Waals surface area contributed by atoms with E-state index in [1.807, 2.05) is 29.2 Å². The number of halogens is 1. The highest BCUT2D eigenvalue weighted by atomic mass is 32.2. The minimum atomic E-state index is -3.45. The summed E-state index contributed by atoms with van der Waals surface area (Å²) in [6.45, 7) is 8.32. The van der Waals surface area contributed by atoms with Gasteiger partial charge in [0.1, 0.15) is 5.82 Å². The molecule has 0 radical (unpaired) electrons. The van der Waals surface area contributed by atoms with Crippen LogP contribution in [0.5, 0.6) is 0 Å². The van der Waals surface area contributed by atoms with Crippen molar-refractivity contribution in [2.75, 3.05) is 37.3 Å². The van der Waals surface area contributed by atoms with Crippen LogP contribution < -0.4 is 4.90 Å². The van der Waals surface area contributed by atoms with Gasteiger partial charge in [-0.2, -0.15) is 0 Å². The van der Waals surface area contributed by atoms with Gasteiger partial charge >= 0.3 is 0 Å². The van der Waals surface area contributed by atoms with Gasteiger partial charge in [0.15, 0.2) is 9.84 Å². The molecule has 0 atom stereocenters. The van der Waals surface area contributed by atoms with Crippen LogP contribution in [0.15, 0.2) is 47.4 Å². The lowest BCUT2D eigenvalue weighted by Gasteiger charge is -2.36. The molecular formula is C22H27FN2O3S. The van der Waals surface area contributed by atoms with Crippen LogP contribution in [0.3, 0.4) is 0 Å². The van der Waals surface area contributed by atoms with Crippen molar-refractivity contribution in [2.24, 2.45) is 0 Å². The van der Waals surface area contributed by atoms with Gasteiger partial charge in [0.25, 0.3) is 5.91 Å². The molecule has 0 aromatic heterocycles. The molecular weight excluding hydrogens is 391 g/mol. The standard InChI is InChI=1S/C22H27FN2O3S/c1-22(2,3)17-7-5-16(6-8-17)21(26)25-13-11-24(12-14-25)20-10-9-18(15-19(20)23)29(4,27)28/h5-10,15H,11-14H2,1-4H3. The summed E-state index contributed by atoms with van der Waals surface area (Å²) in [6, 6.07) is 11.7. The van der Waals surface area contributed by atoms with Crippen molar-refractivity contribution >= 4 is 21.4 Å². The fourth-order valence-corrected chi connectivity index (χ4v) is 4.05. The van der Waals surface area contributed by atoms with E-state index in [-0.39, 0.29) is 16.2 Å². The minimum absolute atomic E-state index is 0.0296. The van der Waals surface area contributed by atoms with Gasteiger partial charge in [-0.15, -0.1) is 0 Å². The van der Waals surface area contributed by atoms with E-state index in [0.29, 0.717) is 37.4 Å². The van der Waals surface area contributed by atoms with Crippen LogP contribution in [0.4, 0.5) is 10.1 Å². The smallest absolute Gasteiger partial charge is 0.253 e. The average molecular weight is 419 g/mol. The van der Waals surface area contributed by atoms with Crippen molar-refractivity contribution in [2.45, 2.75) is 31.1 Å². The number of hydrogen-bond acceptors (Lipinski definition) is 4. The van der Waals surface area contributed by atoms with Crippen LogP contribution >= 0.6 is 0 Å². The van der Waals surface area contributed by atoms with Gasteiger partial charge < -0.3 is 9.80 Å². The molecule has 29 heavy (non-hydrogen) atoms. The number of anilines is 1. The third kappa shape index (κ3) is 4.78. The molecule has 0 N–H and O–H groups in total. The lowest BCUT2D eigenvalue weighted by molar-refractivity contribution is 0.0746. The molecule has 3 rings (SSSR count). The summed E-state index contributed by atoms with van der Waals surface area (Å²) in [4.78, 5) is 16.4. The molecule has 0 unspecified atom stereocenters. The number of piperazine rings is 1. The maximum absolute atomic E-state index is 14.4. The molecule has 5 nitrogen and oxygen atoms in total. The van der Waals surface area contributed by atoms with E-state index < -0.39 is 15.7 Å². The zero-order valence-corrected chi connectivity index (χ0v) is 18.1. The van der Waals surface area contributed by atoms with Crippen LogP contribution in [0.1, 0.15) is 36.7 Å². The van der Waals surface area contributed by atoms with E-state index in [9.17, 15) is 17.6 Å². The van der Waals surface area contributed by atoms with Crippen LogP contribution in [0, 0.1) is 5.82 Å². The highest BCUT2D eigenvalue weighted by Gasteiger charge is 2.24. The number of carbonyl (C=O) groups excluding carboxylic acids is 1. The fraction of sp³-hybridized carbons (Fsp3) is 0.409. The summed E-state index contributed by atoms with van der Waals surface area (Å²) in [6.07, 6.45) is 1.06. The summed E-state index contributed by atoms with van der Waals surface area (Å²) >= 11 is 0. The number of hydrogen-bond donors (Lipinski definition) is 0. The second-order valence-corrected chi connectivity index (χ2v) is 10.5. The van der Waals surface area contributed by atoms with E-state index >= 15 is 0 Å². The summed E-state index contributed by atoms with van der Waals surface area (Å²) in [5, 5.41) is 0. The van der Waals surface area contributed by atoms with Gasteiger partial charge in [0, 0.05) is 38.0 Å². The lowest BCUT2D eigenvalue weighted by atomic mass is 9.86. The summed E-state index contributed by atoms with van der Waals surface area (Å²) in [5.74, 6) is -0.594. The molecule has 1 amide bonds. The first kappa shape index (κ1) is 21.3. The molecule has 2 aromatic rings. The fourth-order valence-electron chi connectivity index (χ4n) is 3.42. The maximum atomic E-state index is 14.4. The Bertz CT molecular complexity index is 1000. The van der Waals surface area contributed by atoms with Gasteiger partial charge in [-0.3, -0.25) is 4.79 Å². The van der Waals surface area contributed by atoms with Crippen molar-refractivity contribution < 1.29 is 17.6 Å². The highest BCUT2D eigenvalue weighted by molar-refractivity contribution is 7.90. The molecule has 2 aromatic carbocycles. The van der Waals surface area contributed by atoms with Crippen LogP contribution in [-0.2, 0) is 15.3 Å². The largest absolute Gasteiger partial charge is 0.366 e. The molecule has 0 saturated carbocycles. The van der Waals surface area contributed by atoms with Gasteiger partial charge in [0.2, 0.25) is 0 Å². The Morgan fingerprint density at radius 2 is 1.55 bits per heavy atom. The van der Waals surface area contributed by atoms with Gasteiger partial charge in [-0.1, -0.05) is 32.9 Å². The SMILES string of the molecule is CC(C)(C)c1ccc(C(=O)N2CCN(c3ccc(S(C)(=O)=O)cc3F)CC2)cc1. The Balaban J connectivity index is 1.67. The van der Waals surface area contributed by atoms with Crippen molar-refractivity contribution in [1.29, 1.82) is 0 Å². The van der Waals surface area contributed by atoms with E-state index in [2.05, 4.69) is 20.8 Å². The minimum Gasteiger partial charge on any atom is -0.366 e. The number of rotatable bonds is 3. The molecule has 1 heterocycles. The van der Waals surface area contributed by atoms with Crippen molar-refractivity contribution in [3.8, 4) is 0 Å². The Kier molecular flexibility index (Phi) is 5.72. The molecule has 7 heteroatoms. The third-order valence-electron chi connectivity index (χ3n) is 5.25. The molecule has 0 aliphatic carbocycles. The van der Waals surface area contributed by atoms with Crippen LogP contribution in [0.25, 0.3) is 0 Å². The molecule has 1 aliphatic heterocycles. The summed E-state index contributed by atoms with van der Waals surface area (Å²) in [5.41, 5.74) is 2.21. The molecule has 156 valence electrons. The Morgan fingerprint density at radius 3 is 2.03 bits per heavy atom. The van der Waals surface area contributed by atoms with Crippen molar-refractivity contribution in [3.05, 3.63) is 59.4 Å². The molecule has 1 fully saturated rings. The zero-order valence-electron chi connectivity index (χ0n) is 17.3. The number of carbonyl (C=O) groups is 1. The molecule has 1 saturated heterocycles. The number of benzene rings is 2. The highest BCUT2D eigenvalue weighted by Crippen LogP contribution is 2.25. The van der Waals surface area contributed by atoms with E-state index in [0.717, 1.165) is 12.3 Å². The second kappa shape index (κ2) is 7.78. The summed E-state index contributed by atoms with van der Waals surface area (Å²) < 4.78 is 37.6. The molecule has 0 spiro atoms. The Morgan fingerprint density at radius 1 is 0.966 bits per heavy atom. The topological polar surface area (TPSA) is 57.7 Å². The van der Waals surface area contributed by atoms with Crippen LogP contribution in [0.2, 0.25) is 0 Å². The van der Waals surface area contributed by atoms with Gasteiger partial charge in [0.05, 0.1) is 10.6 Å². The first-order valence-electron chi connectivity index (χ1n) is 9.61. The van der Waals surface area contributed by atoms with Gasteiger partial charge in [-0.05, 0) is 41.3 Å². The lowest BCUT2D eigenvalue weighted by Crippen LogP contribution is -2.49. The monoisotopic (exact) mass is 418 g/mol. The predicted octanol–water partition coefficient (Wildman–Crippen LogP) is 3.49. The second-order valence-electron chi connectivity index (χ2n) is 8.49. The van der Waals surface area contributed by atoms with E-state index in [1.165, 1.54) is 17.7 Å². The molecule has 1 aliphatic rings. The first-order valence-corrected chi connectivity index (χ1v) is 11.5. The zero-order chi connectivity index (χ0) is 21.4. The van der Waals surface area contributed by atoms with Crippen molar-refractivity contribution in [1.82, 2.24) is 4.90 Å². The maximum Gasteiger partial charge on any atom is 0.253 e. The normalized spacial score (nSPS) is 15.5. The quantitative estimate of drug-likeness (QED) is 0.766. The van der Waals surface area contributed by atoms with Gasteiger partial charge in [-0.25, -0.2) is 12.8 Å². The van der Waals surface area contributed by atoms with Crippen molar-refractivity contribution in [3.63, 3.8) is 0 Å². The number of amides is 1. The van der Waals surface area contributed by atoms with E-state index in [4.69, 9.17) is 0 Å². The van der Waals surface area contributed by atoms with E-state index in [1.54, 1.807) is 4.90 Å². The Labute approximate surface area is 172 Å². The number of sulfone groups is 1. The Hall–Kier alpha value is -2.41. The summed E-state index contributed by atoms with van der Waals surface area (Å²) in [7, 11) is -3.45. The first-order chi connectivity index (χ1) is 13.5. The van der Waals surface area contributed by atoms with Crippen LogP contribution in [-0.4, -0.2) is 51.7 Å². The number of nitrogens with zero attached hydrogens (tertiary/aromatic N) is 2.